The zero-order valence-corrected chi connectivity index (χ0v) is 16.2. The molecule has 1 N–H and O–H groups in total. The van der Waals surface area contributed by atoms with E-state index in [1.165, 1.54) is 17.7 Å². The van der Waals surface area contributed by atoms with E-state index in [1.54, 1.807) is 26.1 Å². The quantitative estimate of drug-likeness (QED) is 0.569. The third-order valence-corrected chi connectivity index (χ3v) is 7.33. The van der Waals surface area contributed by atoms with Gasteiger partial charge in [-0.1, -0.05) is 17.7 Å². The molecular formula is C17H21NO3SSe. The Morgan fingerprint density at radius 2 is 1.61 bits per heavy atom. The fraction of sp³-hybridized carbons (Fsp3) is 0.294. The van der Waals surface area contributed by atoms with Crippen molar-refractivity contribution in [3.8, 4) is 0 Å². The average Bonchev–Trinajstić information content (AvgIpc) is 2.75. The van der Waals surface area contributed by atoms with Crippen molar-refractivity contribution in [2.45, 2.75) is 31.7 Å². The summed E-state index contributed by atoms with van der Waals surface area (Å²) in [6, 6.07) is 13.4. The predicted molar refractivity (Wildman–Crippen MR) is 91.0 cm³/mol. The Morgan fingerprint density at radius 1 is 1.04 bits per heavy atom. The Balaban J connectivity index is 0.000000168. The Labute approximate surface area is 144 Å². The van der Waals surface area contributed by atoms with E-state index in [1.807, 2.05) is 6.92 Å². The summed E-state index contributed by atoms with van der Waals surface area (Å²) in [7, 11) is -1.98. The van der Waals surface area contributed by atoms with Crippen LogP contribution >= 0.6 is 0 Å². The monoisotopic (exact) mass is 399 g/mol. The van der Waals surface area contributed by atoms with Gasteiger partial charge in [0, 0.05) is 0 Å². The zero-order valence-electron chi connectivity index (χ0n) is 13.7. The van der Waals surface area contributed by atoms with Crippen molar-refractivity contribution < 1.29 is 16.9 Å². The van der Waals surface area contributed by atoms with Crippen LogP contribution < -0.4 is 8.38 Å². The van der Waals surface area contributed by atoms with Gasteiger partial charge in [-0.25, -0.2) is 8.42 Å². The SMILES string of the molecule is Cc1ccc(S(=O)(=O)[O-])cc1.Cc1ccc2c(c1)C(C)[NH+](C)[Se]2. The number of fused-ring (bicyclic) bond motifs is 1. The predicted octanol–water partition coefficient (Wildman–Crippen LogP) is 0.728. The Morgan fingerprint density at radius 3 is 2.17 bits per heavy atom. The van der Waals surface area contributed by atoms with E-state index in [4.69, 9.17) is 0 Å². The third kappa shape index (κ3) is 4.66. The normalized spacial score (nSPS) is 19.7. The van der Waals surface area contributed by atoms with E-state index in [0.717, 1.165) is 5.56 Å². The van der Waals surface area contributed by atoms with Crippen molar-refractivity contribution in [1.29, 1.82) is 0 Å². The summed E-state index contributed by atoms with van der Waals surface area (Å²) in [6.07, 6.45) is 0. The molecule has 0 spiro atoms. The number of benzene rings is 2. The molecule has 0 saturated carbocycles. The molecule has 6 heteroatoms. The van der Waals surface area contributed by atoms with Gasteiger partial charge >= 0.3 is 79.8 Å². The summed E-state index contributed by atoms with van der Waals surface area (Å²) in [4.78, 5) is -0.178. The van der Waals surface area contributed by atoms with Crippen LogP contribution in [0.25, 0.3) is 0 Å². The van der Waals surface area contributed by atoms with Gasteiger partial charge in [0.05, 0.1) is 4.90 Å². The first kappa shape index (κ1) is 18.2. The van der Waals surface area contributed by atoms with Gasteiger partial charge in [-0.15, -0.1) is 0 Å². The molecule has 3 rings (SSSR count). The van der Waals surface area contributed by atoms with E-state index in [9.17, 15) is 13.0 Å². The number of aryl methyl sites for hydroxylation is 2. The second kappa shape index (κ2) is 7.16. The molecule has 1 aliphatic heterocycles. The van der Waals surface area contributed by atoms with Crippen LogP contribution in [-0.2, 0) is 10.1 Å². The number of quaternary nitrogens is 1. The molecule has 0 amide bonds. The summed E-state index contributed by atoms with van der Waals surface area (Å²) in [5.41, 5.74) is 3.90. The molecule has 0 aliphatic carbocycles. The summed E-state index contributed by atoms with van der Waals surface area (Å²) < 4.78 is 34.4. The van der Waals surface area contributed by atoms with E-state index in [2.05, 4.69) is 39.1 Å². The van der Waals surface area contributed by atoms with Crippen molar-refractivity contribution in [2.24, 2.45) is 0 Å². The maximum atomic E-state index is 10.4. The molecule has 0 radical (unpaired) electrons. The first-order valence-electron chi connectivity index (χ1n) is 7.33. The molecule has 0 aromatic heterocycles. The van der Waals surface area contributed by atoms with Crippen molar-refractivity contribution >= 4 is 29.8 Å². The molecule has 4 nitrogen and oxygen atoms in total. The van der Waals surface area contributed by atoms with Gasteiger partial charge in [0.25, 0.3) is 0 Å². The topological polar surface area (TPSA) is 61.6 Å². The second-order valence-corrected chi connectivity index (χ2v) is 9.82. The Hall–Kier alpha value is -1.17. The molecule has 0 fully saturated rings. The van der Waals surface area contributed by atoms with Gasteiger partial charge in [0.1, 0.15) is 10.1 Å². The minimum atomic E-state index is -4.27. The second-order valence-electron chi connectivity index (χ2n) is 5.74. The van der Waals surface area contributed by atoms with Gasteiger partial charge in [0.2, 0.25) is 0 Å². The van der Waals surface area contributed by atoms with Gasteiger partial charge in [-0.2, -0.15) is 0 Å². The number of hydrogen-bond donors (Lipinski definition) is 1. The standard InChI is InChI=1S/C10H13NSe.C7H8O3S/c1-7-4-5-10-9(6-7)8(2)11(3)12-10;1-6-2-4-7(5-3-6)11(8,9)10/h4-6,8H,1-3H3;2-5H,1H3,(H,8,9,10). The fourth-order valence-electron chi connectivity index (χ4n) is 2.28. The molecule has 2 unspecified atom stereocenters. The van der Waals surface area contributed by atoms with Crippen LogP contribution in [0, 0.1) is 13.8 Å². The molecule has 2 atom stereocenters. The van der Waals surface area contributed by atoms with Crippen LogP contribution in [0.5, 0.6) is 0 Å². The Kier molecular flexibility index (Phi) is 5.65. The maximum absolute atomic E-state index is 10.4. The van der Waals surface area contributed by atoms with Crippen LogP contribution in [0.2, 0.25) is 0 Å². The number of hydrogen-bond acceptors (Lipinski definition) is 3. The summed E-state index contributed by atoms with van der Waals surface area (Å²) in [5, 5.41) is 0. The summed E-state index contributed by atoms with van der Waals surface area (Å²) in [6.45, 7) is 6.32. The van der Waals surface area contributed by atoms with E-state index in [-0.39, 0.29) is 4.90 Å². The van der Waals surface area contributed by atoms with Crippen LogP contribution in [0.15, 0.2) is 47.4 Å². The van der Waals surface area contributed by atoms with Gasteiger partial charge < -0.3 is 4.55 Å². The van der Waals surface area contributed by atoms with Crippen LogP contribution in [0.4, 0.5) is 0 Å². The minimum absolute atomic E-state index is 0.178. The van der Waals surface area contributed by atoms with E-state index < -0.39 is 10.1 Å². The molecule has 124 valence electrons. The van der Waals surface area contributed by atoms with E-state index >= 15 is 0 Å². The van der Waals surface area contributed by atoms with Crippen LogP contribution in [0.3, 0.4) is 0 Å². The third-order valence-electron chi connectivity index (χ3n) is 3.82. The van der Waals surface area contributed by atoms with Gasteiger partial charge in [0.15, 0.2) is 0 Å². The average molecular weight is 398 g/mol. The van der Waals surface area contributed by atoms with Crippen molar-refractivity contribution in [2.75, 3.05) is 7.05 Å². The summed E-state index contributed by atoms with van der Waals surface area (Å²) >= 11 is 0.641. The molecule has 2 aromatic carbocycles. The summed E-state index contributed by atoms with van der Waals surface area (Å²) in [5.74, 6) is 0. The molecule has 2 aromatic rings. The van der Waals surface area contributed by atoms with Crippen molar-refractivity contribution in [1.82, 2.24) is 0 Å². The molecule has 0 bridgehead atoms. The molecule has 1 aliphatic rings. The molecule has 23 heavy (non-hydrogen) atoms. The fourth-order valence-corrected chi connectivity index (χ4v) is 5.15. The number of rotatable bonds is 1. The van der Waals surface area contributed by atoms with Crippen molar-refractivity contribution in [3.05, 3.63) is 59.2 Å². The number of nitrogens with one attached hydrogen (secondary N) is 1. The first-order chi connectivity index (χ1) is 10.7. The zero-order chi connectivity index (χ0) is 17.2. The van der Waals surface area contributed by atoms with Crippen LogP contribution in [0.1, 0.15) is 29.7 Å². The molecular weight excluding hydrogens is 377 g/mol. The molecule has 1 heterocycles. The van der Waals surface area contributed by atoms with Gasteiger partial charge in [-0.05, 0) is 19.1 Å². The Bertz CT molecular complexity index is 788. The molecule has 0 saturated heterocycles. The van der Waals surface area contributed by atoms with Crippen LogP contribution in [-0.4, -0.2) is 35.2 Å². The van der Waals surface area contributed by atoms with Gasteiger partial charge in [-0.3, -0.25) is 0 Å². The van der Waals surface area contributed by atoms with E-state index in [0.29, 0.717) is 21.2 Å². The van der Waals surface area contributed by atoms with Crippen molar-refractivity contribution in [3.63, 3.8) is 0 Å². The first-order valence-corrected chi connectivity index (χ1v) is 10.4.